The van der Waals surface area contributed by atoms with Crippen LogP contribution in [0.4, 0.5) is 5.69 Å². The number of halogens is 1. The lowest BCUT2D eigenvalue weighted by Gasteiger charge is -2.14. The zero-order valence-corrected chi connectivity index (χ0v) is 17.7. The van der Waals surface area contributed by atoms with Crippen LogP contribution in [0.3, 0.4) is 0 Å². The highest BCUT2D eigenvalue weighted by Gasteiger charge is 2.18. The van der Waals surface area contributed by atoms with Crippen molar-refractivity contribution >= 4 is 39.3 Å². The van der Waals surface area contributed by atoms with E-state index in [4.69, 9.17) is 15.2 Å². The predicted molar refractivity (Wildman–Crippen MR) is 112 cm³/mol. The van der Waals surface area contributed by atoms with Crippen LogP contribution >= 0.6 is 15.9 Å². The van der Waals surface area contributed by atoms with Crippen LogP contribution in [0.25, 0.3) is 0 Å². The number of amides is 3. The molecule has 0 aromatic heterocycles. The van der Waals surface area contributed by atoms with E-state index >= 15 is 0 Å². The van der Waals surface area contributed by atoms with Crippen molar-refractivity contribution in [1.29, 1.82) is 0 Å². The van der Waals surface area contributed by atoms with E-state index in [9.17, 15) is 14.4 Å². The fourth-order valence-corrected chi connectivity index (χ4v) is 3.07. The number of carbonyl (C=O) groups is 3. The van der Waals surface area contributed by atoms with E-state index < -0.39 is 17.7 Å². The van der Waals surface area contributed by atoms with Crippen LogP contribution in [-0.2, 0) is 4.79 Å². The average molecular weight is 464 g/mol. The standard InChI is InChI=1S/C20H22BrN3O5/c1-3-29-18-14(21)10-12(11-16(18)28-2)19(26)24-15-7-5-4-6-13(15)20(27)23-9-8-17(22)25/h4-7,10-11H,3,8-9H2,1-2H3,(H2,22,25)(H,23,27)(H,24,26). The monoisotopic (exact) mass is 463 g/mol. The van der Waals surface area contributed by atoms with Gasteiger partial charge in [-0.3, -0.25) is 14.4 Å². The number of rotatable bonds is 9. The van der Waals surface area contributed by atoms with Gasteiger partial charge in [0, 0.05) is 18.5 Å². The Morgan fingerprint density at radius 1 is 1.14 bits per heavy atom. The summed E-state index contributed by atoms with van der Waals surface area (Å²) in [7, 11) is 1.48. The van der Waals surface area contributed by atoms with Crippen LogP contribution < -0.4 is 25.8 Å². The molecule has 154 valence electrons. The molecule has 8 nitrogen and oxygen atoms in total. The number of hydrogen-bond donors (Lipinski definition) is 3. The molecule has 0 aliphatic carbocycles. The van der Waals surface area contributed by atoms with Crippen molar-refractivity contribution in [3.63, 3.8) is 0 Å². The molecule has 0 aliphatic heterocycles. The molecule has 9 heteroatoms. The lowest BCUT2D eigenvalue weighted by atomic mass is 10.1. The van der Waals surface area contributed by atoms with Crippen molar-refractivity contribution in [2.24, 2.45) is 5.73 Å². The van der Waals surface area contributed by atoms with Gasteiger partial charge in [0.2, 0.25) is 5.91 Å². The summed E-state index contributed by atoms with van der Waals surface area (Å²) in [4.78, 5) is 36.0. The molecule has 0 atom stereocenters. The number of para-hydroxylation sites is 1. The van der Waals surface area contributed by atoms with Gasteiger partial charge in [-0.25, -0.2) is 0 Å². The molecule has 3 amide bonds. The average Bonchev–Trinajstić information content (AvgIpc) is 2.69. The first-order chi connectivity index (χ1) is 13.9. The summed E-state index contributed by atoms with van der Waals surface area (Å²) in [5.74, 6) is -0.455. The normalized spacial score (nSPS) is 10.2. The van der Waals surface area contributed by atoms with Crippen molar-refractivity contribution in [3.05, 3.63) is 52.0 Å². The third kappa shape index (κ3) is 5.95. The van der Waals surface area contributed by atoms with E-state index in [2.05, 4.69) is 26.6 Å². The Bertz CT molecular complexity index is 917. The van der Waals surface area contributed by atoms with Crippen molar-refractivity contribution in [1.82, 2.24) is 5.32 Å². The Morgan fingerprint density at radius 3 is 2.52 bits per heavy atom. The maximum atomic E-state index is 12.8. The van der Waals surface area contributed by atoms with E-state index in [0.29, 0.717) is 33.8 Å². The molecule has 0 bridgehead atoms. The second-order valence-electron chi connectivity index (χ2n) is 5.89. The number of primary amides is 1. The third-order valence-electron chi connectivity index (χ3n) is 3.86. The second kappa shape index (κ2) is 10.5. The first-order valence-corrected chi connectivity index (χ1v) is 9.63. The van der Waals surface area contributed by atoms with E-state index in [0.717, 1.165) is 0 Å². The molecule has 0 radical (unpaired) electrons. The quantitative estimate of drug-likeness (QED) is 0.527. The number of methoxy groups -OCH3 is 1. The van der Waals surface area contributed by atoms with E-state index in [-0.39, 0.29) is 18.5 Å². The minimum atomic E-state index is -0.512. The second-order valence-corrected chi connectivity index (χ2v) is 6.75. The number of nitrogens with one attached hydrogen (secondary N) is 2. The maximum Gasteiger partial charge on any atom is 0.255 e. The molecular weight excluding hydrogens is 442 g/mol. The van der Waals surface area contributed by atoms with Crippen LogP contribution in [0.1, 0.15) is 34.1 Å². The first kappa shape index (κ1) is 22.2. The molecule has 0 spiro atoms. The molecule has 4 N–H and O–H groups in total. The Labute approximate surface area is 176 Å². The summed E-state index contributed by atoms with van der Waals surface area (Å²) in [5, 5.41) is 5.33. The van der Waals surface area contributed by atoms with Crippen LogP contribution in [0.15, 0.2) is 40.9 Å². The van der Waals surface area contributed by atoms with Crippen LogP contribution in [0, 0.1) is 0 Å². The molecule has 0 fully saturated rings. The minimum Gasteiger partial charge on any atom is -0.493 e. The van der Waals surface area contributed by atoms with Gasteiger partial charge in [-0.15, -0.1) is 0 Å². The van der Waals surface area contributed by atoms with Gasteiger partial charge in [-0.05, 0) is 47.1 Å². The molecule has 0 aliphatic rings. The van der Waals surface area contributed by atoms with E-state index in [1.54, 1.807) is 36.4 Å². The topological polar surface area (TPSA) is 120 Å². The maximum absolute atomic E-state index is 12.8. The summed E-state index contributed by atoms with van der Waals surface area (Å²) < 4.78 is 11.4. The summed E-state index contributed by atoms with van der Waals surface area (Å²) in [6, 6.07) is 9.73. The Morgan fingerprint density at radius 2 is 1.86 bits per heavy atom. The zero-order valence-electron chi connectivity index (χ0n) is 16.1. The van der Waals surface area contributed by atoms with Crippen LogP contribution in [0.5, 0.6) is 11.5 Å². The van der Waals surface area contributed by atoms with Crippen LogP contribution in [0.2, 0.25) is 0 Å². The fraction of sp³-hybridized carbons (Fsp3) is 0.250. The summed E-state index contributed by atoms with van der Waals surface area (Å²) in [6.45, 7) is 2.40. The summed E-state index contributed by atoms with van der Waals surface area (Å²) in [5.41, 5.74) is 5.99. The fourth-order valence-electron chi connectivity index (χ4n) is 2.51. The first-order valence-electron chi connectivity index (χ1n) is 8.84. The highest BCUT2D eigenvalue weighted by molar-refractivity contribution is 9.10. The number of carbonyl (C=O) groups excluding carboxylic acids is 3. The molecule has 2 rings (SSSR count). The van der Waals surface area contributed by atoms with Crippen molar-refractivity contribution in [3.8, 4) is 11.5 Å². The number of nitrogens with two attached hydrogens (primary N) is 1. The molecule has 29 heavy (non-hydrogen) atoms. The smallest absolute Gasteiger partial charge is 0.255 e. The SMILES string of the molecule is CCOc1c(Br)cc(C(=O)Nc2ccccc2C(=O)NCCC(N)=O)cc1OC. The summed E-state index contributed by atoms with van der Waals surface area (Å²) >= 11 is 3.38. The highest BCUT2D eigenvalue weighted by Crippen LogP contribution is 2.36. The lowest BCUT2D eigenvalue weighted by molar-refractivity contribution is -0.117. The molecule has 0 heterocycles. The molecular formula is C20H22BrN3O5. The Balaban J connectivity index is 2.22. The largest absolute Gasteiger partial charge is 0.493 e. The summed E-state index contributed by atoms with van der Waals surface area (Å²) in [6.07, 6.45) is 0.0280. The van der Waals surface area contributed by atoms with Crippen molar-refractivity contribution in [2.75, 3.05) is 25.6 Å². The molecule has 2 aromatic carbocycles. The van der Waals surface area contributed by atoms with E-state index in [1.807, 2.05) is 6.92 Å². The minimum absolute atomic E-state index is 0.0280. The molecule has 0 saturated heterocycles. The number of ether oxygens (including phenoxy) is 2. The molecule has 0 unspecified atom stereocenters. The van der Waals surface area contributed by atoms with Gasteiger partial charge in [0.05, 0.1) is 29.4 Å². The van der Waals surface area contributed by atoms with Gasteiger partial charge < -0.3 is 25.8 Å². The van der Waals surface area contributed by atoms with E-state index in [1.165, 1.54) is 7.11 Å². The van der Waals surface area contributed by atoms with Gasteiger partial charge in [0.1, 0.15) is 0 Å². The molecule has 2 aromatic rings. The highest BCUT2D eigenvalue weighted by atomic mass is 79.9. The number of benzene rings is 2. The van der Waals surface area contributed by atoms with Gasteiger partial charge in [0.15, 0.2) is 11.5 Å². The van der Waals surface area contributed by atoms with Gasteiger partial charge >= 0.3 is 0 Å². The lowest BCUT2D eigenvalue weighted by Crippen LogP contribution is -2.28. The van der Waals surface area contributed by atoms with Crippen LogP contribution in [-0.4, -0.2) is 38.0 Å². The molecule has 0 saturated carbocycles. The van der Waals surface area contributed by atoms with Crippen molar-refractivity contribution < 1.29 is 23.9 Å². The van der Waals surface area contributed by atoms with Gasteiger partial charge in [-0.1, -0.05) is 12.1 Å². The number of anilines is 1. The Kier molecular flexibility index (Phi) is 8.02. The van der Waals surface area contributed by atoms with Gasteiger partial charge in [0.25, 0.3) is 11.8 Å². The van der Waals surface area contributed by atoms with Crippen molar-refractivity contribution in [2.45, 2.75) is 13.3 Å². The Hall–Kier alpha value is -3.07. The zero-order chi connectivity index (χ0) is 21.4. The van der Waals surface area contributed by atoms with Gasteiger partial charge in [-0.2, -0.15) is 0 Å². The predicted octanol–water partition coefficient (Wildman–Crippen LogP) is 2.71. The number of hydrogen-bond acceptors (Lipinski definition) is 5. The third-order valence-corrected chi connectivity index (χ3v) is 4.45.